The van der Waals surface area contributed by atoms with Gasteiger partial charge in [0.05, 0.1) is 0 Å². The maximum atomic E-state index is 12.5. The van der Waals surface area contributed by atoms with Gasteiger partial charge in [0.25, 0.3) is 0 Å². The Balaban J connectivity index is 2.20. The second-order valence-corrected chi connectivity index (χ2v) is 6.96. The van der Waals surface area contributed by atoms with Gasteiger partial charge in [-0.05, 0) is 38.0 Å². The summed E-state index contributed by atoms with van der Waals surface area (Å²) in [5.74, 6) is 1.24. The van der Waals surface area contributed by atoms with Crippen molar-refractivity contribution in [1.82, 2.24) is 0 Å². The van der Waals surface area contributed by atoms with Crippen molar-refractivity contribution in [2.24, 2.45) is 17.1 Å². The fourth-order valence-corrected chi connectivity index (χ4v) is 3.42. The molecular formula is C18H35NO. The van der Waals surface area contributed by atoms with Crippen LogP contribution in [-0.4, -0.2) is 12.3 Å². The van der Waals surface area contributed by atoms with Crippen LogP contribution >= 0.6 is 0 Å². The van der Waals surface area contributed by atoms with Gasteiger partial charge in [0.15, 0.2) is 0 Å². The van der Waals surface area contributed by atoms with Crippen molar-refractivity contribution in [2.75, 3.05) is 6.54 Å². The maximum absolute atomic E-state index is 12.5. The molecule has 2 N–H and O–H groups in total. The van der Waals surface area contributed by atoms with Gasteiger partial charge in [-0.15, -0.1) is 0 Å². The van der Waals surface area contributed by atoms with Crippen LogP contribution in [-0.2, 0) is 4.79 Å². The molecule has 0 unspecified atom stereocenters. The van der Waals surface area contributed by atoms with Gasteiger partial charge in [0.2, 0.25) is 0 Å². The van der Waals surface area contributed by atoms with E-state index in [4.69, 9.17) is 5.73 Å². The molecule has 0 bridgehead atoms. The molecule has 1 aliphatic carbocycles. The first kappa shape index (κ1) is 17.7. The number of unbranched alkanes of at least 4 members (excludes halogenated alkanes) is 6. The predicted octanol–water partition coefficient (Wildman–Crippen LogP) is 4.85. The minimum absolute atomic E-state index is 0.158. The van der Waals surface area contributed by atoms with Crippen LogP contribution in [0.1, 0.15) is 90.9 Å². The summed E-state index contributed by atoms with van der Waals surface area (Å²) in [4.78, 5) is 12.5. The number of rotatable bonds is 10. The lowest BCUT2D eigenvalue weighted by molar-refractivity contribution is -0.130. The SMILES string of the molecule is CCCCCCCCCC(=O)C1(CN)CCC(C)CC1. The maximum Gasteiger partial charge on any atom is 0.140 e. The highest BCUT2D eigenvalue weighted by Crippen LogP contribution is 2.39. The first-order valence-electron chi connectivity index (χ1n) is 8.88. The van der Waals surface area contributed by atoms with E-state index < -0.39 is 0 Å². The Bertz CT molecular complexity index is 267. The molecule has 2 nitrogen and oxygen atoms in total. The molecular weight excluding hydrogens is 246 g/mol. The summed E-state index contributed by atoms with van der Waals surface area (Å²) in [7, 11) is 0. The smallest absolute Gasteiger partial charge is 0.140 e. The van der Waals surface area contributed by atoms with Crippen molar-refractivity contribution >= 4 is 5.78 Å². The Morgan fingerprint density at radius 2 is 1.60 bits per heavy atom. The van der Waals surface area contributed by atoms with Crippen molar-refractivity contribution in [3.8, 4) is 0 Å². The van der Waals surface area contributed by atoms with E-state index in [1.165, 1.54) is 51.4 Å². The number of hydrogen-bond acceptors (Lipinski definition) is 2. The fourth-order valence-electron chi connectivity index (χ4n) is 3.42. The van der Waals surface area contributed by atoms with E-state index in [-0.39, 0.29) is 5.41 Å². The van der Waals surface area contributed by atoms with Crippen molar-refractivity contribution in [1.29, 1.82) is 0 Å². The number of hydrogen-bond donors (Lipinski definition) is 1. The first-order chi connectivity index (χ1) is 9.64. The average Bonchev–Trinajstić information content (AvgIpc) is 2.47. The van der Waals surface area contributed by atoms with E-state index in [9.17, 15) is 4.79 Å². The Labute approximate surface area is 125 Å². The second kappa shape index (κ2) is 9.55. The molecule has 2 heteroatoms. The number of carbonyl (C=O) groups is 1. The van der Waals surface area contributed by atoms with Crippen LogP contribution in [0.15, 0.2) is 0 Å². The first-order valence-corrected chi connectivity index (χ1v) is 8.88. The van der Waals surface area contributed by atoms with Crippen molar-refractivity contribution in [3.05, 3.63) is 0 Å². The molecule has 0 aromatic heterocycles. The van der Waals surface area contributed by atoms with Gasteiger partial charge < -0.3 is 5.73 Å². The molecule has 1 rings (SSSR count). The highest BCUT2D eigenvalue weighted by Gasteiger charge is 2.38. The summed E-state index contributed by atoms with van der Waals surface area (Å²) in [6.07, 6.45) is 14.1. The van der Waals surface area contributed by atoms with E-state index in [0.29, 0.717) is 12.3 Å². The molecule has 118 valence electrons. The molecule has 0 aromatic rings. The van der Waals surface area contributed by atoms with Crippen molar-refractivity contribution in [3.63, 3.8) is 0 Å². The monoisotopic (exact) mass is 281 g/mol. The van der Waals surface area contributed by atoms with Crippen molar-refractivity contribution in [2.45, 2.75) is 90.9 Å². The zero-order valence-corrected chi connectivity index (χ0v) is 13.8. The second-order valence-electron chi connectivity index (χ2n) is 6.96. The molecule has 0 aliphatic heterocycles. The molecule has 0 aromatic carbocycles. The topological polar surface area (TPSA) is 43.1 Å². The summed E-state index contributed by atoms with van der Waals surface area (Å²) >= 11 is 0. The van der Waals surface area contributed by atoms with Crippen LogP contribution < -0.4 is 5.73 Å². The Morgan fingerprint density at radius 3 is 2.15 bits per heavy atom. The Kier molecular flexibility index (Phi) is 8.44. The van der Waals surface area contributed by atoms with E-state index in [1.54, 1.807) is 0 Å². The highest BCUT2D eigenvalue weighted by atomic mass is 16.1. The zero-order valence-electron chi connectivity index (χ0n) is 13.8. The molecule has 1 aliphatic rings. The zero-order chi connectivity index (χ0) is 14.8. The third-order valence-electron chi connectivity index (χ3n) is 5.22. The lowest BCUT2D eigenvalue weighted by Gasteiger charge is -2.37. The minimum Gasteiger partial charge on any atom is -0.329 e. The van der Waals surface area contributed by atoms with Crippen LogP contribution in [0, 0.1) is 11.3 Å². The lowest BCUT2D eigenvalue weighted by atomic mass is 9.67. The average molecular weight is 281 g/mol. The van der Waals surface area contributed by atoms with Gasteiger partial charge in [-0.3, -0.25) is 4.79 Å². The van der Waals surface area contributed by atoms with Crippen molar-refractivity contribution < 1.29 is 4.79 Å². The molecule has 0 atom stereocenters. The lowest BCUT2D eigenvalue weighted by Crippen LogP contribution is -2.41. The predicted molar refractivity (Wildman–Crippen MR) is 86.7 cm³/mol. The molecule has 0 amide bonds. The van der Waals surface area contributed by atoms with Crippen LogP contribution in [0.3, 0.4) is 0 Å². The number of nitrogens with two attached hydrogens (primary N) is 1. The molecule has 0 spiro atoms. The summed E-state index contributed by atoms with van der Waals surface area (Å²) in [5, 5.41) is 0. The molecule has 1 fully saturated rings. The number of carbonyl (C=O) groups excluding carboxylic acids is 1. The number of ketones is 1. The molecule has 20 heavy (non-hydrogen) atoms. The summed E-state index contributed by atoms with van der Waals surface area (Å²) in [6.45, 7) is 5.10. The minimum atomic E-state index is -0.158. The van der Waals surface area contributed by atoms with Gasteiger partial charge in [-0.1, -0.05) is 52.4 Å². The summed E-state index contributed by atoms with van der Waals surface area (Å²) in [5.41, 5.74) is 5.79. The van der Waals surface area contributed by atoms with E-state index in [0.717, 1.165) is 31.6 Å². The highest BCUT2D eigenvalue weighted by molar-refractivity contribution is 5.85. The normalized spacial score (nSPS) is 26.6. The van der Waals surface area contributed by atoms with Gasteiger partial charge in [0.1, 0.15) is 5.78 Å². The largest absolute Gasteiger partial charge is 0.329 e. The third-order valence-corrected chi connectivity index (χ3v) is 5.22. The molecule has 0 radical (unpaired) electrons. The summed E-state index contributed by atoms with van der Waals surface area (Å²) < 4.78 is 0. The van der Waals surface area contributed by atoms with Gasteiger partial charge >= 0.3 is 0 Å². The molecule has 0 heterocycles. The molecule has 0 saturated heterocycles. The standard InChI is InChI=1S/C18H35NO/c1-3-4-5-6-7-8-9-10-17(20)18(15-19)13-11-16(2)12-14-18/h16H,3-15,19H2,1-2H3. The quantitative estimate of drug-likeness (QED) is 0.582. The fraction of sp³-hybridized carbons (Fsp3) is 0.944. The van der Waals surface area contributed by atoms with E-state index in [2.05, 4.69) is 13.8 Å². The van der Waals surface area contributed by atoms with E-state index in [1.807, 2.05) is 0 Å². The Hall–Kier alpha value is -0.370. The van der Waals surface area contributed by atoms with Crippen LogP contribution in [0.25, 0.3) is 0 Å². The summed E-state index contributed by atoms with van der Waals surface area (Å²) in [6, 6.07) is 0. The van der Waals surface area contributed by atoms with Gasteiger partial charge in [0, 0.05) is 18.4 Å². The van der Waals surface area contributed by atoms with Crippen LogP contribution in [0.5, 0.6) is 0 Å². The Morgan fingerprint density at radius 1 is 1.05 bits per heavy atom. The van der Waals surface area contributed by atoms with Gasteiger partial charge in [-0.25, -0.2) is 0 Å². The number of Topliss-reactive ketones (excluding diaryl/α,β-unsaturated/α-hetero) is 1. The van der Waals surface area contributed by atoms with Gasteiger partial charge in [-0.2, -0.15) is 0 Å². The molecule has 1 saturated carbocycles. The van der Waals surface area contributed by atoms with Crippen LogP contribution in [0.2, 0.25) is 0 Å². The third kappa shape index (κ3) is 5.55. The van der Waals surface area contributed by atoms with Crippen LogP contribution in [0.4, 0.5) is 0 Å². The van der Waals surface area contributed by atoms with E-state index >= 15 is 0 Å².